The molecule has 1 heterocycles. The molecule has 8 nitrogen and oxygen atoms in total. The van der Waals surface area contributed by atoms with Crippen molar-refractivity contribution in [3.63, 3.8) is 0 Å². The first-order valence-electron chi connectivity index (χ1n) is 11.4. The van der Waals surface area contributed by atoms with Crippen molar-refractivity contribution in [3.05, 3.63) is 59.7 Å². The lowest BCUT2D eigenvalue weighted by Crippen LogP contribution is -2.52. The second kappa shape index (κ2) is 11.5. The lowest BCUT2D eigenvalue weighted by atomic mass is 9.96. The molecule has 1 fully saturated rings. The molecule has 3 rings (SSSR count). The number of nitrogens with one attached hydrogen (secondary N) is 1. The van der Waals surface area contributed by atoms with Crippen molar-refractivity contribution >= 4 is 21.9 Å². The van der Waals surface area contributed by atoms with Gasteiger partial charge in [0.15, 0.2) is 0 Å². The van der Waals surface area contributed by atoms with E-state index in [4.69, 9.17) is 9.47 Å². The summed E-state index contributed by atoms with van der Waals surface area (Å²) in [5.74, 6) is -0.207. The molecule has 1 saturated heterocycles. The highest BCUT2D eigenvalue weighted by Crippen LogP contribution is 2.23. The smallest absolute Gasteiger partial charge is 0.309 e. The third kappa shape index (κ3) is 6.36. The number of ether oxygens (including phenoxy) is 2. The van der Waals surface area contributed by atoms with Gasteiger partial charge in [-0.15, -0.1) is 0 Å². The Hall–Kier alpha value is -2.91. The summed E-state index contributed by atoms with van der Waals surface area (Å²) in [6.45, 7) is 4.59. The molecule has 0 spiro atoms. The minimum absolute atomic E-state index is 0.0673. The minimum Gasteiger partial charge on any atom is -0.496 e. The molecule has 0 aliphatic carbocycles. The number of benzene rings is 2. The lowest BCUT2D eigenvalue weighted by molar-refractivity contribution is -0.151. The van der Waals surface area contributed by atoms with E-state index in [0.29, 0.717) is 43.9 Å². The van der Waals surface area contributed by atoms with Crippen LogP contribution in [-0.4, -0.2) is 58.0 Å². The van der Waals surface area contributed by atoms with Gasteiger partial charge in [0.05, 0.1) is 24.5 Å². The molecule has 0 bridgehead atoms. The monoisotopic (exact) mass is 488 g/mol. The van der Waals surface area contributed by atoms with Crippen LogP contribution < -0.4 is 9.46 Å². The summed E-state index contributed by atoms with van der Waals surface area (Å²) in [5, 5.41) is 0. The predicted molar refractivity (Wildman–Crippen MR) is 128 cm³/mol. The van der Waals surface area contributed by atoms with Crippen molar-refractivity contribution in [3.8, 4) is 5.75 Å². The highest BCUT2D eigenvalue weighted by atomic mass is 32.2. The number of sulfonamides is 1. The zero-order chi connectivity index (χ0) is 24.7. The standard InChI is InChI=1S/C25H32N2O6S/c1-4-33-25(29)20-12-14-27(15-13-20)24(28)22(17-19-8-6-5-7-9-19)26-34(30,31)21-10-11-23(32-3)18(2)16-21/h5-11,16,20,22,26H,4,12-15,17H2,1-3H3/t22-/m0/s1. The van der Waals surface area contributed by atoms with Gasteiger partial charge in [-0.2, -0.15) is 4.72 Å². The molecule has 0 unspecified atom stereocenters. The fourth-order valence-electron chi connectivity index (χ4n) is 4.12. The largest absolute Gasteiger partial charge is 0.496 e. The van der Waals surface area contributed by atoms with Gasteiger partial charge in [-0.25, -0.2) is 8.42 Å². The molecule has 0 aromatic heterocycles. The van der Waals surface area contributed by atoms with Crippen LogP contribution in [-0.2, 0) is 30.8 Å². The molecule has 1 aliphatic heterocycles. The predicted octanol–water partition coefficient (Wildman–Crippen LogP) is 2.69. The summed E-state index contributed by atoms with van der Waals surface area (Å²) in [7, 11) is -2.45. The molecule has 0 saturated carbocycles. The molecule has 34 heavy (non-hydrogen) atoms. The average Bonchev–Trinajstić information content (AvgIpc) is 2.84. The Morgan fingerprint density at radius 3 is 2.38 bits per heavy atom. The van der Waals surface area contributed by atoms with E-state index in [1.165, 1.54) is 19.2 Å². The number of rotatable bonds is 9. The molecular weight excluding hydrogens is 456 g/mol. The number of amides is 1. The molecule has 184 valence electrons. The van der Waals surface area contributed by atoms with Gasteiger partial charge in [-0.3, -0.25) is 9.59 Å². The Bertz CT molecular complexity index is 1100. The maximum absolute atomic E-state index is 13.4. The van der Waals surface area contributed by atoms with E-state index >= 15 is 0 Å². The van der Waals surface area contributed by atoms with E-state index in [1.807, 2.05) is 30.3 Å². The van der Waals surface area contributed by atoms with Gasteiger partial charge in [-0.05, 0) is 62.4 Å². The molecule has 9 heteroatoms. The third-order valence-corrected chi connectivity index (χ3v) is 7.45. The van der Waals surface area contributed by atoms with Gasteiger partial charge < -0.3 is 14.4 Å². The molecule has 2 aromatic carbocycles. The fraction of sp³-hybridized carbons (Fsp3) is 0.440. The Balaban J connectivity index is 1.79. The average molecular weight is 489 g/mol. The number of piperidine rings is 1. The van der Waals surface area contributed by atoms with Gasteiger partial charge in [-0.1, -0.05) is 30.3 Å². The summed E-state index contributed by atoms with van der Waals surface area (Å²) >= 11 is 0. The first-order valence-corrected chi connectivity index (χ1v) is 12.9. The van der Waals surface area contributed by atoms with Gasteiger partial charge in [0, 0.05) is 13.1 Å². The van der Waals surface area contributed by atoms with Crippen molar-refractivity contribution in [1.29, 1.82) is 0 Å². The molecular formula is C25H32N2O6S. The maximum Gasteiger partial charge on any atom is 0.309 e. The molecule has 2 aromatic rings. The Labute approximate surface area is 201 Å². The van der Waals surface area contributed by atoms with Crippen LogP contribution in [0.4, 0.5) is 0 Å². The third-order valence-electron chi connectivity index (χ3n) is 5.98. The molecule has 0 radical (unpaired) electrons. The van der Waals surface area contributed by atoms with E-state index < -0.39 is 16.1 Å². The number of likely N-dealkylation sites (tertiary alicyclic amines) is 1. The molecule has 1 aliphatic rings. The van der Waals surface area contributed by atoms with Crippen molar-refractivity contribution in [2.45, 2.75) is 44.0 Å². The SMILES string of the molecule is CCOC(=O)C1CCN(C(=O)[C@H](Cc2ccccc2)NS(=O)(=O)c2ccc(OC)c(C)c2)CC1. The summed E-state index contributed by atoms with van der Waals surface area (Å²) < 4.78 is 39.3. The quantitative estimate of drug-likeness (QED) is 0.545. The minimum atomic E-state index is -3.97. The van der Waals surface area contributed by atoms with Crippen molar-refractivity contribution in [1.82, 2.24) is 9.62 Å². The first-order chi connectivity index (χ1) is 16.2. The zero-order valence-electron chi connectivity index (χ0n) is 19.8. The van der Waals surface area contributed by atoms with E-state index in [2.05, 4.69) is 4.72 Å². The highest BCUT2D eigenvalue weighted by molar-refractivity contribution is 7.89. The van der Waals surface area contributed by atoms with E-state index in [1.54, 1.807) is 24.8 Å². The number of esters is 1. The van der Waals surface area contributed by atoms with E-state index in [9.17, 15) is 18.0 Å². The van der Waals surface area contributed by atoms with Crippen molar-refractivity contribution in [2.75, 3.05) is 26.8 Å². The summed E-state index contributed by atoms with van der Waals surface area (Å²) in [5.41, 5.74) is 1.52. The van der Waals surface area contributed by atoms with Gasteiger partial charge in [0.25, 0.3) is 0 Å². The number of nitrogens with zero attached hydrogens (tertiary/aromatic N) is 1. The first kappa shape index (κ1) is 25.7. The number of hydrogen-bond acceptors (Lipinski definition) is 6. The number of hydrogen-bond donors (Lipinski definition) is 1. The number of carbonyl (C=O) groups is 2. The highest BCUT2D eigenvalue weighted by Gasteiger charge is 2.33. The molecule has 1 N–H and O–H groups in total. The Kier molecular flexibility index (Phi) is 8.68. The van der Waals surface area contributed by atoms with Crippen LogP contribution in [0.1, 0.15) is 30.9 Å². The number of aryl methyl sites for hydroxylation is 1. The van der Waals surface area contributed by atoms with Crippen LogP contribution in [0.2, 0.25) is 0 Å². The van der Waals surface area contributed by atoms with E-state index in [-0.39, 0.29) is 29.1 Å². The Morgan fingerprint density at radius 1 is 1.12 bits per heavy atom. The summed E-state index contributed by atoms with van der Waals surface area (Å²) in [4.78, 5) is 27.2. The second-order valence-electron chi connectivity index (χ2n) is 8.35. The van der Waals surface area contributed by atoms with Gasteiger partial charge in [0.1, 0.15) is 11.8 Å². The van der Waals surface area contributed by atoms with Gasteiger partial charge in [0.2, 0.25) is 15.9 Å². The fourth-order valence-corrected chi connectivity index (χ4v) is 5.39. The van der Waals surface area contributed by atoms with Crippen molar-refractivity contribution < 1.29 is 27.5 Å². The maximum atomic E-state index is 13.4. The van der Waals surface area contributed by atoms with Crippen LogP contribution in [0.3, 0.4) is 0 Å². The lowest BCUT2D eigenvalue weighted by Gasteiger charge is -2.33. The summed E-state index contributed by atoms with van der Waals surface area (Å²) in [6.07, 6.45) is 1.20. The second-order valence-corrected chi connectivity index (χ2v) is 10.1. The number of carbonyl (C=O) groups excluding carboxylic acids is 2. The van der Waals surface area contributed by atoms with Gasteiger partial charge >= 0.3 is 5.97 Å². The normalized spacial score (nSPS) is 15.6. The molecule has 1 amide bonds. The van der Waals surface area contributed by atoms with Crippen LogP contribution in [0, 0.1) is 12.8 Å². The van der Waals surface area contributed by atoms with Crippen LogP contribution >= 0.6 is 0 Å². The van der Waals surface area contributed by atoms with E-state index in [0.717, 1.165) is 5.56 Å². The van der Waals surface area contributed by atoms with Crippen LogP contribution in [0.15, 0.2) is 53.4 Å². The number of methoxy groups -OCH3 is 1. The Morgan fingerprint density at radius 2 is 1.79 bits per heavy atom. The van der Waals surface area contributed by atoms with Crippen LogP contribution in [0.5, 0.6) is 5.75 Å². The van der Waals surface area contributed by atoms with Crippen LogP contribution in [0.25, 0.3) is 0 Å². The zero-order valence-corrected chi connectivity index (χ0v) is 20.6. The van der Waals surface area contributed by atoms with Crippen molar-refractivity contribution in [2.24, 2.45) is 5.92 Å². The molecule has 1 atom stereocenters. The summed E-state index contributed by atoms with van der Waals surface area (Å²) in [6, 6.07) is 12.9. The topological polar surface area (TPSA) is 102 Å².